The van der Waals surface area contributed by atoms with E-state index < -0.39 is 0 Å². The number of quaternary nitrogens is 1. The predicted octanol–water partition coefficient (Wildman–Crippen LogP) is 0.487. The molecular formula is C20H24N3O3+. The van der Waals surface area contributed by atoms with Gasteiger partial charge >= 0.3 is 0 Å². The first-order valence-corrected chi connectivity index (χ1v) is 8.73. The maximum atomic E-state index is 12.3. The molecule has 0 saturated carbocycles. The Morgan fingerprint density at radius 1 is 1.19 bits per heavy atom. The summed E-state index contributed by atoms with van der Waals surface area (Å²) in [5.41, 5.74) is 2.26. The second-order valence-corrected chi connectivity index (χ2v) is 6.65. The molecule has 0 atom stereocenters. The molecule has 0 aliphatic carbocycles. The molecule has 2 aromatic carbocycles. The number of fused-ring (bicyclic) bond motifs is 1. The van der Waals surface area contributed by atoms with E-state index >= 15 is 0 Å². The Kier molecular flexibility index (Phi) is 5.53. The average molecular weight is 354 g/mol. The molecule has 1 aliphatic heterocycles. The van der Waals surface area contributed by atoms with E-state index in [4.69, 9.17) is 4.74 Å². The van der Waals surface area contributed by atoms with Crippen molar-refractivity contribution in [3.63, 3.8) is 0 Å². The quantitative estimate of drug-likeness (QED) is 0.794. The summed E-state index contributed by atoms with van der Waals surface area (Å²) >= 11 is 0. The van der Waals surface area contributed by atoms with Crippen LogP contribution >= 0.6 is 0 Å². The van der Waals surface area contributed by atoms with Crippen molar-refractivity contribution in [1.29, 1.82) is 0 Å². The average Bonchev–Trinajstić information content (AvgIpc) is 2.64. The molecular weight excluding hydrogens is 330 g/mol. The van der Waals surface area contributed by atoms with Crippen molar-refractivity contribution in [2.75, 3.05) is 38.7 Å². The molecule has 0 bridgehead atoms. The predicted molar refractivity (Wildman–Crippen MR) is 99.6 cm³/mol. The summed E-state index contributed by atoms with van der Waals surface area (Å²) in [6.07, 6.45) is 0. The van der Waals surface area contributed by atoms with Crippen molar-refractivity contribution >= 4 is 17.5 Å². The van der Waals surface area contributed by atoms with Crippen molar-refractivity contribution in [3.05, 3.63) is 59.7 Å². The third-order valence-corrected chi connectivity index (χ3v) is 4.25. The Hall–Kier alpha value is -2.86. The van der Waals surface area contributed by atoms with Crippen LogP contribution in [0, 0.1) is 0 Å². The largest absolute Gasteiger partial charge is 0.482 e. The van der Waals surface area contributed by atoms with Crippen molar-refractivity contribution in [2.24, 2.45) is 0 Å². The fourth-order valence-corrected chi connectivity index (χ4v) is 2.85. The summed E-state index contributed by atoms with van der Waals surface area (Å²) in [5, 5.41) is 2.93. The Morgan fingerprint density at radius 3 is 2.81 bits per heavy atom. The zero-order chi connectivity index (χ0) is 18.5. The number of benzene rings is 2. The van der Waals surface area contributed by atoms with Gasteiger partial charge in [-0.15, -0.1) is 0 Å². The van der Waals surface area contributed by atoms with Gasteiger partial charge in [0.25, 0.3) is 11.8 Å². The molecule has 0 fully saturated rings. The van der Waals surface area contributed by atoms with Gasteiger partial charge in [0.15, 0.2) is 6.61 Å². The lowest BCUT2D eigenvalue weighted by Crippen LogP contribution is -3.06. The molecule has 2 amide bonds. The van der Waals surface area contributed by atoms with Crippen LogP contribution in [0.5, 0.6) is 5.75 Å². The Bertz CT molecular complexity index is 804. The van der Waals surface area contributed by atoms with Gasteiger partial charge in [-0.05, 0) is 29.8 Å². The molecule has 0 radical (unpaired) electrons. The monoisotopic (exact) mass is 354 g/mol. The van der Waals surface area contributed by atoms with E-state index in [1.165, 1.54) is 4.90 Å². The van der Waals surface area contributed by atoms with Crippen molar-refractivity contribution in [1.82, 2.24) is 5.32 Å². The summed E-state index contributed by atoms with van der Waals surface area (Å²) in [6.45, 7) is 1.93. The van der Waals surface area contributed by atoms with Gasteiger partial charge in [-0.1, -0.05) is 24.3 Å². The molecule has 6 nitrogen and oxygen atoms in total. The molecule has 0 spiro atoms. The molecule has 3 rings (SSSR count). The van der Waals surface area contributed by atoms with Gasteiger partial charge in [0.05, 0.1) is 39.4 Å². The number of anilines is 1. The van der Waals surface area contributed by atoms with E-state index in [-0.39, 0.29) is 18.4 Å². The van der Waals surface area contributed by atoms with E-state index in [0.29, 0.717) is 24.4 Å². The number of carbonyl (C=O) groups is 2. The third-order valence-electron chi connectivity index (χ3n) is 4.25. The number of hydrogen-bond acceptors (Lipinski definition) is 3. The van der Waals surface area contributed by atoms with Gasteiger partial charge in [0, 0.05) is 5.56 Å². The number of nitrogens with zero attached hydrogens (tertiary/aromatic N) is 1. The lowest BCUT2D eigenvalue weighted by molar-refractivity contribution is -0.856. The van der Waals surface area contributed by atoms with E-state index in [9.17, 15) is 9.59 Å². The minimum absolute atomic E-state index is 0.0318. The highest BCUT2D eigenvalue weighted by Gasteiger charge is 2.25. The van der Waals surface area contributed by atoms with Crippen LogP contribution in [0.2, 0.25) is 0 Å². The Balaban J connectivity index is 1.73. The standard InChI is InChI=1S/C20H23N3O3/c1-22(2)11-10-21-20(25)16-7-5-6-15(12-16)13-23-17-8-3-4-9-18(17)26-14-19(23)24/h3-9,12H,10-11,13-14H2,1-2H3,(H,21,25)/p+1. The normalized spacial score (nSPS) is 13.3. The number of rotatable bonds is 6. The number of likely N-dealkylation sites (N-methyl/N-ethyl adjacent to an activating group) is 1. The van der Waals surface area contributed by atoms with E-state index in [1.807, 2.05) is 56.6 Å². The smallest absolute Gasteiger partial charge is 0.265 e. The molecule has 6 heteroatoms. The van der Waals surface area contributed by atoms with Gasteiger partial charge < -0.3 is 19.9 Å². The van der Waals surface area contributed by atoms with Gasteiger partial charge in [0.1, 0.15) is 5.75 Å². The van der Waals surface area contributed by atoms with Crippen molar-refractivity contribution in [3.8, 4) is 5.75 Å². The van der Waals surface area contributed by atoms with Crippen LogP contribution in [0.3, 0.4) is 0 Å². The second kappa shape index (κ2) is 8.01. The summed E-state index contributed by atoms with van der Waals surface area (Å²) in [4.78, 5) is 27.6. The zero-order valence-corrected chi connectivity index (χ0v) is 15.1. The van der Waals surface area contributed by atoms with E-state index in [0.717, 1.165) is 17.8 Å². The molecule has 26 heavy (non-hydrogen) atoms. The molecule has 2 N–H and O–H groups in total. The second-order valence-electron chi connectivity index (χ2n) is 6.65. The number of amides is 2. The van der Waals surface area contributed by atoms with Crippen LogP contribution in [0.4, 0.5) is 5.69 Å². The summed E-state index contributed by atoms with van der Waals surface area (Å²) in [7, 11) is 4.09. The third kappa shape index (κ3) is 4.21. The van der Waals surface area contributed by atoms with Crippen molar-refractivity contribution < 1.29 is 19.2 Å². The Labute approximate surface area is 153 Å². The van der Waals surface area contributed by atoms with E-state index in [1.54, 1.807) is 11.0 Å². The maximum absolute atomic E-state index is 12.3. The molecule has 0 aromatic heterocycles. The maximum Gasteiger partial charge on any atom is 0.265 e. The number of hydrogen-bond donors (Lipinski definition) is 2. The zero-order valence-electron chi connectivity index (χ0n) is 15.1. The molecule has 1 heterocycles. The number of nitrogens with one attached hydrogen (secondary N) is 2. The van der Waals surface area contributed by atoms with E-state index in [2.05, 4.69) is 5.32 Å². The SMILES string of the molecule is C[NH+](C)CCNC(=O)c1cccc(CN2C(=O)COc3ccccc32)c1. The van der Waals surface area contributed by atoms with Crippen LogP contribution < -0.4 is 19.9 Å². The van der Waals surface area contributed by atoms with Gasteiger partial charge in [0.2, 0.25) is 0 Å². The molecule has 1 aliphatic rings. The van der Waals surface area contributed by atoms with Gasteiger partial charge in [-0.3, -0.25) is 9.59 Å². The van der Waals surface area contributed by atoms with Crippen LogP contribution in [0.1, 0.15) is 15.9 Å². The summed E-state index contributed by atoms with van der Waals surface area (Å²) in [5.74, 6) is 0.515. The first kappa shape index (κ1) is 17.9. The first-order chi connectivity index (χ1) is 12.5. The Morgan fingerprint density at radius 2 is 2.00 bits per heavy atom. The topological polar surface area (TPSA) is 63.1 Å². The molecule has 0 saturated heterocycles. The van der Waals surface area contributed by atoms with Crippen LogP contribution in [-0.2, 0) is 11.3 Å². The number of para-hydroxylation sites is 2. The van der Waals surface area contributed by atoms with Crippen LogP contribution in [0.15, 0.2) is 48.5 Å². The minimum Gasteiger partial charge on any atom is -0.482 e. The van der Waals surface area contributed by atoms with Crippen molar-refractivity contribution in [2.45, 2.75) is 6.54 Å². The fraction of sp³-hybridized carbons (Fsp3) is 0.300. The highest BCUT2D eigenvalue weighted by atomic mass is 16.5. The lowest BCUT2D eigenvalue weighted by atomic mass is 10.1. The summed E-state index contributed by atoms with van der Waals surface area (Å²) in [6, 6.07) is 14.9. The lowest BCUT2D eigenvalue weighted by Gasteiger charge is -2.29. The van der Waals surface area contributed by atoms with Gasteiger partial charge in [-0.2, -0.15) is 0 Å². The number of ether oxygens (including phenoxy) is 1. The number of carbonyl (C=O) groups excluding carboxylic acids is 2. The molecule has 0 unspecified atom stereocenters. The minimum atomic E-state index is -0.0956. The molecule has 2 aromatic rings. The molecule has 136 valence electrons. The fourth-order valence-electron chi connectivity index (χ4n) is 2.85. The first-order valence-electron chi connectivity index (χ1n) is 8.73. The van der Waals surface area contributed by atoms with Gasteiger partial charge in [-0.25, -0.2) is 0 Å². The highest BCUT2D eigenvalue weighted by Crippen LogP contribution is 2.32. The van der Waals surface area contributed by atoms with Crippen LogP contribution in [0.25, 0.3) is 0 Å². The summed E-state index contributed by atoms with van der Waals surface area (Å²) < 4.78 is 5.47. The van der Waals surface area contributed by atoms with Crippen LogP contribution in [-0.4, -0.2) is 45.6 Å². The highest BCUT2D eigenvalue weighted by molar-refractivity contribution is 5.98.